The fourth-order valence-electron chi connectivity index (χ4n) is 4.58. The summed E-state index contributed by atoms with van der Waals surface area (Å²) in [7, 11) is 5.80. The van der Waals surface area contributed by atoms with Crippen molar-refractivity contribution in [2.24, 2.45) is 4.99 Å². The maximum Gasteiger partial charge on any atom is 0.191 e. The number of ether oxygens (including phenoxy) is 1. The van der Waals surface area contributed by atoms with Gasteiger partial charge in [0.05, 0.1) is 13.2 Å². The van der Waals surface area contributed by atoms with Crippen LogP contribution in [0.1, 0.15) is 37.3 Å². The Morgan fingerprint density at radius 2 is 1.77 bits per heavy atom. The van der Waals surface area contributed by atoms with Crippen molar-refractivity contribution in [1.29, 1.82) is 0 Å². The fraction of sp³-hybridized carbons (Fsp3) is 0.708. The van der Waals surface area contributed by atoms with Gasteiger partial charge in [0.15, 0.2) is 5.96 Å². The quantitative estimate of drug-likeness (QED) is 0.355. The molecule has 31 heavy (non-hydrogen) atoms. The third-order valence-corrected chi connectivity index (χ3v) is 6.52. The van der Waals surface area contributed by atoms with Crippen LogP contribution in [0.2, 0.25) is 0 Å². The summed E-state index contributed by atoms with van der Waals surface area (Å²) >= 11 is 0. The summed E-state index contributed by atoms with van der Waals surface area (Å²) in [5, 5.41) is 7.09. The van der Waals surface area contributed by atoms with Crippen molar-refractivity contribution in [3.8, 4) is 5.75 Å². The molecular formula is C24H42N6O. The van der Waals surface area contributed by atoms with Gasteiger partial charge in [-0.2, -0.15) is 0 Å². The van der Waals surface area contributed by atoms with E-state index in [9.17, 15) is 0 Å². The van der Waals surface area contributed by atoms with Gasteiger partial charge in [-0.05, 0) is 83.2 Å². The summed E-state index contributed by atoms with van der Waals surface area (Å²) in [6.07, 6.45) is 4.98. The second-order valence-corrected chi connectivity index (χ2v) is 8.76. The second kappa shape index (κ2) is 12.9. The van der Waals surface area contributed by atoms with Crippen molar-refractivity contribution >= 4 is 5.96 Å². The van der Waals surface area contributed by atoms with Crippen molar-refractivity contribution in [1.82, 2.24) is 25.3 Å². The lowest BCUT2D eigenvalue weighted by Crippen LogP contribution is -2.43. The lowest BCUT2D eigenvalue weighted by atomic mass is 10.1. The zero-order valence-corrected chi connectivity index (χ0v) is 19.8. The number of guanidine groups is 1. The Kier molecular flexibility index (Phi) is 9.90. The van der Waals surface area contributed by atoms with Crippen LogP contribution in [0.25, 0.3) is 0 Å². The van der Waals surface area contributed by atoms with Crippen LogP contribution in [-0.4, -0.2) is 101 Å². The molecule has 174 valence electrons. The number of rotatable bonds is 9. The average Bonchev–Trinajstić information content (AvgIpc) is 3.25. The molecule has 1 aromatic rings. The molecule has 1 unspecified atom stereocenters. The number of hydrogen-bond acceptors (Lipinski definition) is 5. The molecule has 3 rings (SSSR count). The van der Waals surface area contributed by atoms with Gasteiger partial charge in [0.25, 0.3) is 0 Å². The van der Waals surface area contributed by atoms with Crippen molar-refractivity contribution < 1.29 is 4.74 Å². The van der Waals surface area contributed by atoms with Crippen LogP contribution in [0.5, 0.6) is 5.75 Å². The van der Waals surface area contributed by atoms with Gasteiger partial charge in [-0.3, -0.25) is 9.89 Å². The standard InChI is InChI=1S/C24H42N6O/c1-25-24(26-12-6-14-29-15-7-13-28(2)18-19-29)27-20-23(30-16-4-5-17-30)21-8-10-22(31-3)11-9-21/h8-11,23H,4-7,12-20H2,1-3H3,(H2,25,26,27). The van der Waals surface area contributed by atoms with Crippen molar-refractivity contribution in [3.63, 3.8) is 0 Å². The monoisotopic (exact) mass is 430 g/mol. The van der Waals surface area contributed by atoms with Gasteiger partial charge in [0, 0.05) is 33.2 Å². The van der Waals surface area contributed by atoms with E-state index < -0.39 is 0 Å². The SMILES string of the molecule is CN=C(NCCCN1CCCN(C)CC1)NCC(c1ccc(OC)cc1)N1CCCC1. The van der Waals surface area contributed by atoms with Gasteiger partial charge in [-0.25, -0.2) is 0 Å². The third-order valence-electron chi connectivity index (χ3n) is 6.52. The van der Waals surface area contributed by atoms with Crippen molar-refractivity contribution in [2.45, 2.75) is 31.7 Å². The normalized spacial score (nSPS) is 20.4. The van der Waals surface area contributed by atoms with Gasteiger partial charge >= 0.3 is 0 Å². The van der Waals surface area contributed by atoms with Crippen LogP contribution in [0, 0.1) is 0 Å². The number of aliphatic imine (C=N–C) groups is 1. The first kappa shape index (κ1) is 23.8. The number of nitrogens with zero attached hydrogens (tertiary/aromatic N) is 4. The fourth-order valence-corrected chi connectivity index (χ4v) is 4.58. The minimum atomic E-state index is 0.348. The summed E-state index contributed by atoms with van der Waals surface area (Å²) < 4.78 is 5.34. The Balaban J connectivity index is 1.45. The van der Waals surface area contributed by atoms with Gasteiger partial charge in [-0.1, -0.05) is 12.1 Å². The Labute approximate surface area is 188 Å². The van der Waals surface area contributed by atoms with E-state index in [1.807, 2.05) is 7.05 Å². The zero-order chi connectivity index (χ0) is 21.9. The first-order valence-electron chi connectivity index (χ1n) is 11.9. The summed E-state index contributed by atoms with van der Waals surface area (Å²) in [6.45, 7) is 10.1. The minimum Gasteiger partial charge on any atom is -0.497 e. The molecular weight excluding hydrogens is 388 g/mol. The number of likely N-dealkylation sites (tertiary alicyclic amines) is 1. The molecule has 2 aliphatic heterocycles. The molecule has 7 heteroatoms. The number of hydrogen-bond donors (Lipinski definition) is 2. The highest BCUT2D eigenvalue weighted by Gasteiger charge is 2.23. The number of benzene rings is 1. The Bertz CT molecular complexity index is 659. The maximum atomic E-state index is 5.34. The van der Waals surface area contributed by atoms with Gasteiger partial charge < -0.3 is 25.2 Å². The summed E-state index contributed by atoms with van der Waals surface area (Å²) in [5.41, 5.74) is 1.33. The highest BCUT2D eigenvalue weighted by atomic mass is 16.5. The molecule has 0 radical (unpaired) electrons. The van der Waals surface area contributed by atoms with Crippen LogP contribution in [0.4, 0.5) is 0 Å². The van der Waals surface area contributed by atoms with E-state index in [1.165, 1.54) is 51.0 Å². The molecule has 0 bridgehead atoms. The molecule has 2 N–H and O–H groups in total. The molecule has 0 spiro atoms. The molecule has 2 heterocycles. The Morgan fingerprint density at radius 3 is 2.48 bits per heavy atom. The van der Waals surface area contributed by atoms with Crippen LogP contribution in [-0.2, 0) is 0 Å². The van der Waals surface area contributed by atoms with E-state index in [-0.39, 0.29) is 0 Å². The molecule has 7 nitrogen and oxygen atoms in total. The zero-order valence-electron chi connectivity index (χ0n) is 19.8. The highest BCUT2D eigenvalue weighted by Crippen LogP contribution is 2.26. The van der Waals surface area contributed by atoms with E-state index in [4.69, 9.17) is 4.74 Å². The predicted molar refractivity (Wildman–Crippen MR) is 129 cm³/mol. The van der Waals surface area contributed by atoms with Crippen LogP contribution < -0.4 is 15.4 Å². The highest BCUT2D eigenvalue weighted by molar-refractivity contribution is 5.79. The van der Waals surface area contributed by atoms with Crippen LogP contribution in [0.15, 0.2) is 29.3 Å². The van der Waals surface area contributed by atoms with Gasteiger partial charge in [0.1, 0.15) is 5.75 Å². The Hall–Kier alpha value is -1.83. The Morgan fingerprint density at radius 1 is 1.00 bits per heavy atom. The molecule has 1 aromatic carbocycles. The molecule has 0 aliphatic carbocycles. The molecule has 0 saturated carbocycles. The van der Waals surface area contributed by atoms with E-state index in [2.05, 4.69) is 61.6 Å². The number of likely N-dealkylation sites (N-methyl/N-ethyl adjacent to an activating group) is 1. The molecule has 1 atom stereocenters. The molecule has 2 fully saturated rings. The van der Waals surface area contributed by atoms with Crippen LogP contribution >= 0.6 is 0 Å². The first-order chi connectivity index (χ1) is 15.2. The largest absolute Gasteiger partial charge is 0.497 e. The topological polar surface area (TPSA) is 55.4 Å². The maximum absolute atomic E-state index is 5.34. The van der Waals surface area contributed by atoms with E-state index in [0.717, 1.165) is 50.9 Å². The van der Waals surface area contributed by atoms with Crippen molar-refractivity contribution in [2.75, 3.05) is 80.1 Å². The molecule has 0 amide bonds. The molecule has 2 saturated heterocycles. The summed E-state index contributed by atoms with van der Waals surface area (Å²) in [6, 6.07) is 8.86. The molecule has 0 aromatic heterocycles. The minimum absolute atomic E-state index is 0.348. The summed E-state index contributed by atoms with van der Waals surface area (Å²) in [5.74, 6) is 1.80. The lowest BCUT2D eigenvalue weighted by molar-refractivity contribution is 0.245. The van der Waals surface area contributed by atoms with E-state index >= 15 is 0 Å². The van der Waals surface area contributed by atoms with E-state index in [1.54, 1.807) is 7.11 Å². The predicted octanol–water partition coefficient (Wildman–Crippen LogP) is 2.02. The summed E-state index contributed by atoms with van der Waals surface area (Å²) in [4.78, 5) is 12.1. The smallest absolute Gasteiger partial charge is 0.191 e. The third kappa shape index (κ3) is 7.66. The number of nitrogens with one attached hydrogen (secondary N) is 2. The van der Waals surface area contributed by atoms with Gasteiger partial charge in [-0.15, -0.1) is 0 Å². The van der Waals surface area contributed by atoms with Gasteiger partial charge in [0.2, 0.25) is 0 Å². The lowest BCUT2D eigenvalue weighted by Gasteiger charge is -2.29. The second-order valence-electron chi connectivity index (χ2n) is 8.76. The molecule has 2 aliphatic rings. The van der Waals surface area contributed by atoms with E-state index in [0.29, 0.717) is 6.04 Å². The van der Waals surface area contributed by atoms with Crippen molar-refractivity contribution in [3.05, 3.63) is 29.8 Å². The first-order valence-corrected chi connectivity index (χ1v) is 11.9. The number of methoxy groups -OCH3 is 1. The van der Waals surface area contributed by atoms with Crippen LogP contribution in [0.3, 0.4) is 0 Å². The average molecular weight is 431 g/mol.